The summed E-state index contributed by atoms with van der Waals surface area (Å²) >= 11 is 0. The minimum Gasteiger partial charge on any atom is -0.490 e. The van der Waals surface area contributed by atoms with E-state index in [-0.39, 0.29) is 0 Å². The van der Waals surface area contributed by atoms with Crippen LogP contribution in [-0.4, -0.2) is 13.2 Å². The Morgan fingerprint density at radius 1 is 1.50 bits per heavy atom. The van der Waals surface area contributed by atoms with Gasteiger partial charge in [-0.1, -0.05) is 12.1 Å². The van der Waals surface area contributed by atoms with Crippen molar-refractivity contribution in [1.82, 2.24) is 5.32 Å². The molecule has 2 atom stereocenters. The van der Waals surface area contributed by atoms with Crippen molar-refractivity contribution in [2.45, 2.75) is 32.4 Å². The lowest BCUT2D eigenvalue weighted by molar-refractivity contribution is 0.254. The van der Waals surface area contributed by atoms with E-state index in [1.54, 1.807) is 0 Å². The van der Waals surface area contributed by atoms with Gasteiger partial charge in [-0.15, -0.1) is 0 Å². The van der Waals surface area contributed by atoms with Gasteiger partial charge < -0.3 is 10.1 Å². The van der Waals surface area contributed by atoms with Crippen molar-refractivity contribution in [3.05, 3.63) is 29.3 Å². The number of fused-ring (bicyclic) bond motifs is 1. The molecule has 14 heavy (non-hydrogen) atoms. The van der Waals surface area contributed by atoms with Crippen molar-refractivity contribution in [3.63, 3.8) is 0 Å². The van der Waals surface area contributed by atoms with E-state index in [0.717, 1.165) is 12.2 Å². The number of rotatable bonds is 2. The van der Waals surface area contributed by atoms with Crippen molar-refractivity contribution in [2.24, 2.45) is 0 Å². The van der Waals surface area contributed by atoms with E-state index < -0.39 is 0 Å². The van der Waals surface area contributed by atoms with E-state index in [1.807, 2.05) is 7.05 Å². The predicted octanol–water partition coefficient (Wildman–Crippen LogP) is 2.29. The highest BCUT2D eigenvalue weighted by Gasteiger charge is 2.19. The van der Waals surface area contributed by atoms with Gasteiger partial charge in [0, 0.05) is 12.5 Å². The third-order valence-corrected chi connectivity index (χ3v) is 2.85. The Labute approximate surface area is 85.3 Å². The minimum absolute atomic E-state index is 0.338. The van der Waals surface area contributed by atoms with Crippen LogP contribution in [0.3, 0.4) is 0 Å². The van der Waals surface area contributed by atoms with E-state index in [2.05, 4.69) is 37.4 Å². The lowest BCUT2D eigenvalue weighted by Crippen LogP contribution is -2.12. The standard InChI is InChI=1S/C12H17NO/c1-8-6-11-7-10(9(2)13-3)4-5-12(11)14-8/h4-5,7-9,13H,6H2,1-3H3. The van der Waals surface area contributed by atoms with Gasteiger partial charge >= 0.3 is 0 Å². The summed E-state index contributed by atoms with van der Waals surface area (Å²) in [4.78, 5) is 0. The van der Waals surface area contributed by atoms with Crippen LogP contribution < -0.4 is 10.1 Å². The fourth-order valence-electron chi connectivity index (χ4n) is 1.88. The summed E-state index contributed by atoms with van der Waals surface area (Å²) in [5.41, 5.74) is 2.68. The van der Waals surface area contributed by atoms with Gasteiger partial charge in [-0.3, -0.25) is 0 Å². The first-order valence-electron chi connectivity index (χ1n) is 5.17. The van der Waals surface area contributed by atoms with Crippen LogP contribution >= 0.6 is 0 Å². The topological polar surface area (TPSA) is 21.3 Å². The van der Waals surface area contributed by atoms with Gasteiger partial charge in [-0.05, 0) is 38.1 Å². The maximum atomic E-state index is 5.65. The summed E-state index contributed by atoms with van der Waals surface area (Å²) < 4.78 is 5.65. The molecule has 0 radical (unpaired) electrons. The molecule has 0 aromatic heterocycles. The highest BCUT2D eigenvalue weighted by Crippen LogP contribution is 2.30. The van der Waals surface area contributed by atoms with Gasteiger partial charge in [-0.2, -0.15) is 0 Å². The lowest BCUT2D eigenvalue weighted by atomic mass is 10.0. The second-order valence-corrected chi connectivity index (χ2v) is 4.01. The number of nitrogens with one attached hydrogen (secondary N) is 1. The van der Waals surface area contributed by atoms with Crippen molar-refractivity contribution in [1.29, 1.82) is 0 Å². The molecular weight excluding hydrogens is 174 g/mol. The van der Waals surface area contributed by atoms with Gasteiger partial charge in [0.1, 0.15) is 11.9 Å². The fourth-order valence-corrected chi connectivity index (χ4v) is 1.88. The third-order valence-electron chi connectivity index (χ3n) is 2.85. The Morgan fingerprint density at radius 2 is 2.29 bits per heavy atom. The largest absolute Gasteiger partial charge is 0.490 e. The molecule has 0 saturated heterocycles. The lowest BCUT2D eigenvalue weighted by Gasteiger charge is -2.11. The summed E-state index contributed by atoms with van der Waals surface area (Å²) in [6.45, 7) is 4.28. The van der Waals surface area contributed by atoms with E-state index in [4.69, 9.17) is 4.74 Å². The number of hydrogen-bond donors (Lipinski definition) is 1. The molecule has 1 aliphatic rings. The zero-order valence-electron chi connectivity index (χ0n) is 9.00. The fraction of sp³-hybridized carbons (Fsp3) is 0.500. The summed E-state index contributed by atoms with van der Waals surface area (Å²) in [5.74, 6) is 1.06. The molecule has 2 nitrogen and oxygen atoms in total. The van der Waals surface area contributed by atoms with E-state index in [0.29, 0.717) is 12.1 Å². The monoisotopic (exact) mass is 191 g/mol. The molecule has 0 saturated carbocycles. The van der Waals surface area contributed by atoms with Crippen LogP contribution in [0, 0.1) is 0 Å². The van der Waals surface area contributed by atoms with Crippen LogP contribution in [0.2, 0.25) is 0 Å². The van der Waals surface area contributed by atoms with Crippen molar-refractivity contribution < 1.29 is 4.74 Å². The van der Waals surface area contributed by atoms with E-state index in [9.17, 15) is 0 Å². The second-order valence-electron chi connectivity index (χ2n) is 4.01. The normalized spacial score (nSPS) is 21.5. The summed E-state index contributed by atoms with van der Waals surface area (Å²) in [5, 5.41) is 3.24. The quantitative estimate of drug-likeness (QED) is 0.774. The Bertz CT molecular complexity index is 335. The smallest absolute Gasteiger partial charge is 0.123 e. The highest BCUT2D eigenvalue weighted by atomic mass is 16.5. The van der Waals surface area contributed by atoms with Crippen LogP contribution in [0.5, 0.6) is 5.75 Å². The van der Waals surface area contributed by atoms with Crippen molar-refractivity contribution >= 4 is 0 Å². The van der Waals surface area contributed by atoms with Crippen molar-refractivity contribution in [2.75, 3.05) is 7.05 Å². The average molecular weight is 191 g/mol. The van der Waals surface area contributed by atoms with Crippen LogP contribution in [-0.2, 0) is 6.42 Å². The molecule has 2 heteroatoms. The first kappa shape index (κ1) is 9.53. The SMILES string of the molecule is CNC(C)c1ccc2c(c1)CC(C)O2. The molecule has 2 unspecified atom stereocenters. The summed E-state index contributed by atoms with van der Waals surface area (Å²) in [6, 6.07) is 6.89. The third kappa shape index (κ3) is 1.62. The molecule has 1 aromatic rings. The zero-order valence-corrected chi connectivity index (χ0v) is 9.00. The van der Waals surface area contributed by atoms with Crippen LogP contribution in [0.1, 0.15) is 31.0 Å². The number of hydrogen-bond acceptors (Lipinski definition) is 2. The average Bonchev–Trinajstić information content (AvgIpc) is 2.55. The molecule has 1 N–H and O–H groups in total. The van der Waals surface area contributed by atoms with Gasteiger partial charge in [0.2, 0.25) is 0 Å². The second kappa shape index (κ2) is 3.62. The zero-order chi connectivity index (χ0) is 10.1. The molecule has 76 valence electrons. The van der Waals surface area contributed by atoms with E-state index >= 15 is 0 Å². The molecule has 0 aliphatic carbocycles. The number of benzene rings is 1. The van der Waals surface area contributed by atoms with Gasteiger partial charge in [0.25, 0.3) is 0 Å². The van der Waals surface area contributed by atoms with Crippen LogP contribution in [0.25, 0.3) is 0 Å². The molecule has 0 spiro atoms. The molecule has 2 rings (SSSR count). The first-order valence-corrected chi connectivity index (χ1v) is 5.17. The van der Waals surface area contributed by atoms with Crippen molar-refractivity contribution in [3.8, 4) is 5.75 Å². The van der Waals surface area contributed by atoms with Gasteiger partial charge in [-0.25, -0.2) is 0 Å². The summed E-state index contributed by atoms with van der Waals surface area (Å²) in [7, 11) is 1.98. The Kier molecular flexibility index (Phi) is 2.46. The maximum Gasteiger partial charge on any atom is 0.123 e. The highest BCUT2D eigenvalue weighted by molar-refractivity contribution is 5.41. The van der Waals surface area contributed by atoms with E-state index in [1.165, 1.54) is 11.1 Å². The van der Waals surface area contributed by atoms with Crippen LogP contribution in [0.15, 0.2) is 18.2 Å². The Balaban J connectivity index is 2.28. The molecule has 1 aromatic carbocycles. The predicted molar refractivity (Wildman–Crippen MR) is 57.7 cm³/mol. The summed E-state index contributed by atoms with van der Waals surface area (Å²) in [6.07, 6.45) is 1.38. The van der Waals surface area contributed by atoms with Gasteiger partial charge in [0.05, 0.1) is 0 Å². The minimum atomic E-state index is 0.338. The molecular formula is C12H17NO. The van der Waals surface area contributed by atoms with Crippen LogP contribution in [0.4, 0.5) is 0 Å². The molecule has 0 amide bonds. The molecule has 0 fully saturated rings. The molecule has 0 bridgehead atoms. The van der Waals surface area contributed by atoms with Gasteiger partial charge in [0.15, 0.2) is 0 Å². The Hall–Kier alpha value is -1.02. The Morgan fingerprint density at radius 3 is 3.00 bits per heavy atom. The maximum absolute atomic E-state index is 5.65. The molecule has 1 heterocycles. The number of ether oxygens (including phenoxy) is 1. The first-order chi connectivity index (χ1) is 6.70. The molecule has 1 aliphatic heterocycles.